The monoisotopic (exact) mass is 395 g/mol. The number of carbonyl (C=O) groups excluding carboxylic acids is 2. The van der Waals surface area contributed by atoms with Gasteiger partial charge in [-0.2, -0.15) is 0 Å². The molecule has 0 atom stereocenters. The first-order valence-corrected chi connectivity index (χ1v) is 9.76. The van der Waals surface area contributed by atoms with Crippen LogP contribution in [0.1, 0.15) is 13.8 Å². The summed E-state index contributed by atoms with van der Waals surface area (Å²) in [6, 6.07) is 0. The van der Waals surface area contributed by atoms with E-state index in [4.69, 9.17) is 24.7 Å². The smallest absolute Gasteiger partial charge is 0.246 e. The van der Waals surface area contributed by atoms with Crippen molar-refractivity contribution >= 4 is 23.6 Å². The van der Waals surface area contributed by atoms with Gasteiger partial charge < -0.3 is 30.0 Å². The Balaban J connectivity index is 3.29. The summed E-state index contributed by atoms with van der Waals surface area (Å²) in [5, 5.41) is 2.63. The number of Topliss-reactive ketones (excluding diaryl/α,β-unsaturated/α-hetero) is 1. The number of hydrogen-bond donors (Lipinski definition) is 3. The van der Waals surface area contributed by atoms with Gasteiger partial charge in [0.25, 0.3) is 0 Å². The Labute approximate surface area is 160 Å². The normalized spacial score (nSPS) is 11.5. The van der Waals surface area contributed by atoms with Crippen LogP contribution in [0.2, 0.25) is 0 Å². The van der Waals surface area contributed by atoms with Gasteiger partial charge in [-0.1, -0.05) is 11.9 Å². The molecule has 154 valence electrons. The number of ketones is 1. The van der Waals surface area contributed by atoms with Crippen molar-refractivity contribution in [2.24, 2.45) is 5.73 Å². The molecular formula is C16H33N3O6S. The first-order chi connectivity index (χ1) is 12.4. The van der Waals surface area contributed by atoms with E-state index in [1.54, 1.807) is 25.8 Å². The largest absolute Gasteiger partial charge is 0.378 e. The molecule has 0 heterocycles. The highest BCUT2D eigenvalue weighted by molar-refractivity contribution is 7.96. The second kappa shape index (κ2) is 16.4. The molecule has 26 heavy (non-hydrogen) atoms. The Morgan fingerprint density at radius 2 is 1.42 bits per heavy atom. The van der Waals surface area contributed by atoms with E-state index in [1.165, 1.54) is 0 Å². The van der Waals surface area contributed by atoms with Crippen molar-refractivity contribution in [2.75, 3.05) is 72.2 Å². The number of carbonyl (C=O) groups is 2. The van der Waals surface area contributed by atoms with Gasteiger partial charge in [-0.15, -0.1) is 0 Å². The van der Waals surface area contributed by atoms with Crippen LogP contribution < -0.4 is 15.8 Å². The lowest BCUT2D eigenvalue weighted by Crippen LogP contribution is -2.44. The van der Waals surface area contributed by atoms with Gasteiger partial charge in [0, 0.05) is 13.1 Å². The van der Waals surface area contributed by atoms with Crippen LogP contribution >= 0.6 is 11.9 Å². The van der Waals surface area contributed by atoms with Crippen LogP contribution in [0.25, 0.3) is 0 Å². The van der Waals surface area contributed by atoms with Crippen molar-refractivity contribution in [3.63, 3.8) is 0 Å². The minimum atomic E-state index is -0.954. The van der Waals surface area contributed by atoms with E-state index in [2.05, 4.69) is 10.0 Å². The van der Waals surface area contributed by atoms with Crippen molar-refractivity contribution in [3.8, 4) is 0 Å². The van der Waals surface area contributed by atoms with E-state index in [9.17, 15) is 9.59 Å². The van der Waals surface area contributed by atoms with Crippen molar-refractivity contribution < 1.29 is 28.5 Å². The number of nitrogens with one attached hydrogen (secondary N) is 2. The fraction of sp³-hybridized carbons (Fsp3) is 0.875. The fourth-order valence-electron chi connectivity index (χ4n) is 1.49. The average molecular weight is 396 g/mol. The quantitative estimate of drug-likeness (QED) is 0.205. The maximum atomic E-state index is 11.5. The van der Waals surface area contributed by atoms with Gasteiger partial charge in [0.2, 0.25) is 5.91 Å². The molecule has 0 saturated heterocycles. The van der Waals surface area contributed by atoms with E-state index in [0.29, 0.717) is 46.2 Å². The highest BCUT2D eigenvalue weighted by atomic mass is 32.2. The van der Waals surface area contributed by atoms with Gasteiger partial charge in [0.15, 0.2) is 5.78 Å². The zero-order valence-corrected chi connectivity index (χ0v) is 16.8. The van der Waals surface area contributed by atoms with Crippen molar-refractivity contribution in [1.82, 2.24) is 10.0 Å². The summed E-state index contributed by atoms with van der Waals surface area (Å²) in [7, 11) is 0. The maximum Gasteiger partial charge on any atom is 0.246 e. The molecule has 0 aromatic heterocycles. The van der Waals surface area contributed by atoms with Crippen LogP contribution in [0.4, 0.5) is 0 Å². The molecule has 0 bridgehead atoms. The van der Waals surface area contributed by atoms with Gasteiger partial charge in [-0.05, 0) is 20.1 Å². The Morgan fingerprint density at radius 1 is 0.885 bits per heavy atom. The molecule has 0 aliphatic heterocycles. The van der Waals surface area contributed by atoms with Crippen molar-refractivity contribution in [2.45, 2.75) is 19.4 Å². The van der Waals surface area contributed by atoms with Gasteiger partial charge >= 0.3 is 0 Å². The van der Waals surface area contributed by atoms with E-state index < -0.39 is 5.54 Å². The highest BCUT2D eigenvalue weighted by Crippen LogP contribution is 1.98. The molecule has 0 unspecified atom stereocenters. The Bertz CT molecular complexity index is 379. The number of ether oxygens (including phenoxy) is 4. The molecule has 0 aliphatic carbocycles. The summed E-state index contributed by atoms with van der Waals surface area (Å²) < 4.78 is 24.1. The first kappa shape index (κ1) is 25.2. The van der Waals surface area contributed by atoms with Crippen molar-refractivity contribution in [1.29, 1.82) is 0 Å². The van der Waals surface area contributed by atoms with E-state index in [0.717, 1.165) is 6.54 Å². The molecule has 9 nitrogen and oxygen atoms in total. The minimum absolute atomic E-state index is 0.178. The summed E-state index contributed by atoms with van der Waals surface area (Å²) in [6.07, 6.45) is 1.97. The molecule has 0 aromatic rings. The molecule has 0 spiro atoms. The fourth-order valence-corrected chi connectivity index (χ4v) is 1.78. The predicted molar refractivity (Wildman–Crippen MR) is 101 cm³/mol. The lowest BCUT2D eigenvalue weighted by molar-refractivity contribution is -0.132. The second-order valence-corrected chi connectivity index (χ2v) is 6.62. The van der Waals surface area contributed by atoms with Crippen LogP contribution in [-0.2, 0) is 28.5 Å². The van der Waals surface area contributed by atoms with Gasteiger partial charge in [-0.3, -0.25) is 14.3 Å². The summed E-state index contributed by atoms with van der Waals surface area (Å²) in [5.74, 6) is -0.559. The third-order valence-electron chi connectivity index (χ3n) is 2.99. The number of amides is 1. The van der Waals surface area contributed by atoms with E-state index in [1.807, 2.05) is 6.26 Å². The van der Waals surface area contributed by atoms with Crippen LogP contribution in [-0.4, -0.2) is 89.4 Å². The lowest BCUT2D eigenvalue weighted by atomic mass is 10.0. The van der Waals surface area contributed by atoms with E-state index in [-0.39, 0.29) is 24.9 Å². The molecule has 0 aromatic carbocycles. The van der Waals surface area contributed by atoms with E-state index >= 15 is 0 Å². The molecule has 0 rings (SSSR count). The molecule has 0 fully saturated rings. The summed E-state index contributed by atoms with van der Waals surface area (Å²) in [6.45, 7) is 7.02. The molecule has 0 aliphatic rings. The lowest BCUT2D eigenvalue weighted by Gasteiger charge is -2.16. The zero-order valence-electron chi connectivity index (χ0n) is 16.0. The maximum absolute atomic E-state index is 11.5. The first-order valence-electron chi connectivity index (χ1n) is 8.53. The number of nitrogens with two attached hydrogens (primary N) is 1. The summed E-state index contributed by atoms with van der Waals surface area (Å²) in [5.41, 5.74) is 4.66. The highest BCUT2D eigenvalue weighted by Gasteiger charge is 2.21. The standard InChI is InChI=1S/C16H33N3O6S/c1-16(2,17)14(20)12-25-13-15(21)18-4-6-22-8-10-24-11-9-23-7-5-19-26-3/h19H,4-13,17H2,1-3H3,(H,18,21). The molecule has 10 heteroatoms. The summed E-state index contributed by atoms with van der Waals surface area (Å²) in [4.78, 5) is 23.0. The van der Waals surface area contributed by atoms with Crippen LogP contribution in [0.3, 0.4) is 0 Å². The molecular weight excluding hydrogens is 362 g/mol. The third kappa shape index (κ3) is 16.7. The second-order valence-electron chi connectivity index (χ2n) is 5.92. The van der Waals surface area contributed by atoms with Gasteiger partial charge in [-0.25, -0.2) is 0 Å². The third-order valence-corrected chi connectivity index (χ3v) is 3.48. The van der Waals surface area contributed by atoms with Gasteiger partial charge in [0.1, 0.15) is 13.2 Å². The zero-order chi connectivity index (χ0) is 19.7. The molecule has 0 radical (unpaired) electrons. The molecule has 4 N–H and O–H groups in total. The van der Waals surface area contributed by atoms with Crippen LogP contribution in [0.15, 0.2) is 0 Å². The number of rotatable bonds is 18. The van der Waals surface area contributed by atoms with Gasteiger partial charge in [0.05, 0.1) is 45.2 Å². The summed E-state index contributed by atoms with van der Waals surface area (Å²) >= 11 is 1.56. The topological polar surface area (TPSA) is 121 Å². The molecule has 1 amide bonds. The Morgan fingerprint density at radius 3 is 1.96 bits per heavy atom. The minimum Gasteiger partial charge on any atom is -0.378 e. The predicted octanol–water partition coefficient (Wildman–Crippen LogP) is -0.657. The van der Waals surface area contributed by atoms with Crippen LogP contribution in [0.5, 0.6) is 0 Å². The molecule has 0 saturated carbocycles. The number of hydrogen-bond acceptors (Lipinski definition) is 9. The Hall–Kier alpha value is -0.750. The average Bonchev–Trinajstić information content (AvgIpc) is 2.58. The SMILES string of the molecule is CSNCCOCCOCCOCCNC(=O)COCC(=O)C(C)(C)N. The Kier molecular flexibility index (Phi) is 16.0. The van der Waals surface area contributed by atoms with Crippen LogP contribution in [0, 0.1) is 0 Å². The van der Waals surface area contributed by atoms with Crippen molar-refractivity contribution in [3.05, 3.63) is 0 Å².